The van der Waals surface area contributed by atoms with Crippen LogP contribution < -0.4 is 9.64 Å². The highest BCUT2D eigenvalue weighted by Gasteiger charge is 2.55. The summed E-state index contributed by atoms with van der Waals surface area (Å²) >= 11 is 12.0. The first-order valence-corrected chi connectivity index (χ1v) is 13.2. The number of ether oxygens (including phenoxy) is 1. The van der Waals surface area contributed by atoms with Crippen LogP contribution in [0.5, 0.6) is 5.75 Å². The molecule has 12 heteroatoms. The van der Waals surface area contributed by atoms with Gasteiger partial charge < -0.3 is 4.74 Å². The van der Waals surface area contributed by atoms with Crippen LogP contribution in [0.1, 0.15) is 23.6 Å². The molecule has 0 aliphatic carbocycles. The number of hydrogen-bond donors (Lipinski definition) is 0. The number of hydrogen-bond acceptors (Lipinski definition) is 8. The Morgan fingerprint density at radius 1 is 0.925 bits per heavy atom. The molecule has 6 rings (SSSR count). The van der Waals surface area contributed by atoms with Crippen molar-refractivity contribution in [2.45, 2.75) is 24.5 Å². The first-order valence-electron chi connectivity index (χ1n) is 12.4. The summed E-state index contributed by atoms with van der Waals surface area (Å²) in [5, 5.41) is 16.5. The molecule has 0 spiro atoms. The maximum atomic E-state index is 13.7. The van der Waals surface area contributed by atoms with E-state index in [9.17, 15) is 14.4 Å². The zero-order valence-electron chi connectivity index (χ0n) is 21.1. The van der Waals surface area contributed by atoms with E-state index in [-0.39, 0.29) is 6.54 Å². The Hall–Kier alpha value is -4.28. The van der Waals surface area contributed by atoms with Crippen molar-refractivity contribution < 1.29 is 19.1 Å². The van der Waals surface area contributed by atoms with Crippen LogP contribution in [0.15, 0.2) is 88.2 Å². The number of hydrazone groups is 1. The molecule has 3 atom stereocenters. The highest BCUT2D eigenvalue weighted by atomic mass is 35.5. The zero-order valence-corrected chi connectivity index (χ0v) is 22.7. The average molecular weight is 577 g/mol. The molecule has 0 N–H and O–H groups in total. The number of imide groups is 1. The fourth-order valence-electron chi connectivity index (χ4n) is 5.05. The van der Waals surface area contributed by atoms with Gasteiger partial charge >= 0.3 is 0 Å². The van der Waals surface area contributed by atoms with Gasteiger partial charge in [-0.3, -0.25) is 19.4 Å². The lowest BCUT2D eigenvalue weighted by Crippen LogP contribution is -2.44. The standard InChI is InChI=1S/C28H22Cl2N6O4/c1-40-21-12-4-17(5-13-21)23-14-22(16-2-6-18(29)7-3-16)32-36(23)24(37)15-34-26-25(31-33-34)27(38)35(28(26)39)20-10-8-19(30)9-11-20/h2-13,23,25-26H,14-15H2,1H3/t23-,25+,26-/m0/s1. The summed E-state index contributed by atoms with van der Waals surface area (Å²) in [4.78, 5) is 41.2. The van der Waals surface area contributed by atoms with Gasteiger partial charge in [0.15, 0.2) is 12.1 Å². The molecular formula is C28H22Cl2N6O4. The minimum Gasteiger partial charge on any atom is -0.497 e. The third-order valence-corrected chi connectivity index (χ3v) is 7.59. The molecule has 0 saturated carbocycles. The number of halogens is 2. The molecule has 3 aromatic rings. The van der Waals surface area contributed by atoms with Gasteiger partial charge in [-0.2, -0.15) is 10.2 Å². The fraction of sp³-hybridized carbons (Fsp3) is 0.214. The molecule has 40 heavy (non-hydrogen) atoms. The van der Waals surface area contributed by atoms with E-state index in [1.54, 1.807) is 43.5 Å². The maximum Gasteiger partial charge on any atom is 0.264 e. The summed E-state index contributed by atoms with van der Waals surface area (Å²) in [5.74, 6) is -0.712. The van der Waals surface area contributed by atoms with Crippen LogP contribution in [0.3, 0.4) is 0 Å². The molecule has 3 aliphatic heterocycles. The van der Waals surface area contributed by atoms with E-state index in [1.807, 2.05) is 36.4 Å². The lowest BCUT2D eigenvalue weighted by atomic mass is 9.98. The van der Waals surface area contributed by atoms with Crippen molar-refractivity contribution in [3.8, 4) is 5.75 Å². The fourth-order valence-corrected chi connectivity index (χ4v) is 5.30. The molecule has 202 valence electrons. The summed E-state index contributed by atoms with van der Waals surface area (Å²) in [6.07, 6.45) is 0.467. The quantitative estimate of drug-likeness (QED) is 0.396. The number of carbonyl (C=O) groups excluding carboxylic acids is 3. The molecule has 3 heterocycles. The van der Waals surface area contributed by atoms with Crippen molar-refractivity contribution in [3.63, 3.8) is 0 Å². The Morgan fingerprint density at radius 3 is 2.23 bits per heavy atom. The van der Waals surface area contributed by atoms with Gasteiger partial charge in [-0.1, -0.05) is 52.7 Å². The van der Waals surface area contributed by atoms with Gasteiger partial charge in [0.1, 0.15) is 12.3 Å². The van der Waals surface area contributed by atoms with Gasteiger partial charge in [-0.25, -0.2) is 9.91 Å². The molecule has 0 aromatic heterocycles. The lowest BCUT2D eigenvalue weighted by molar-refractivity contribution is -0.135. The molecule has 10 nitrogen and oxygen atoms in total. The normalized spacial score (nSPS) is 21.7. The topological polar surface area (TPSA) is 107 Å². The second-order valence-electron chi connectivity index (χ2n) is 9.47. The minimum absolute atomic E-state index is 0.289. The summed E-state index contributed by atoms with van der Waals surface area (Å²) in [6, 6.07) is 18.6. The predicted molar refractivity (Wildman–Crippen MR) is 148 cm³/mol. The monoisotopic (exact) mass is 576 g/mol. The Labute approximate surface area is 239 Å². The van der Waals surface area contributed by atoms with Gasteiger partial charge in [0, 0.05) is 16.5 Å². The summed E-state index contributed by atoms with van der Waals surface area (Å²) in [6.45, 7) is -0.289. The van der Waals surface area contributed by atoms with Crippen molar-refractivity contribution in [1.82, 2.24) is 10.0 Å². The van der Waals surface area contributed by atoms with Crippen molar-refractivity contribution >= 4 is 52.3 Å². The van der Waals surface area contributed by atoms with Crippen LogP contribution in [-0.4, -0.2) is 59.2 Å². The van der Waals surface area contributed by atoms with Crippen molar-refractivity contribution in [3.05, 3.63) is 94.0 Å². The van der Waals surface area contributed by atoms with E-state index >= 15 is 0 Å². The first-order chi connectivity index (χ1) is 19.3. The molecule has 1 fully saturated rings. The third-order valence-electron chi connectivity index (χ3n) is 7.08. The van der Waals surface area contributed by atoms with E-state index in [1.165, 1.54) is 10.0 Å². The number of rotatable bonds is 6. The van der Waals surface area contributed by atoms with Crippen LogP contribution in [0.2, 0.25) is 10.0 Å². The number of carbonyl (C=O) groups is 3. The first kappa shape index (κ1) is 26.0. The molecule has 0 radical (unpaired) electrons. The molecule has 1 saturated heterocycles. The second-order valence-corrected chi connectivity index (χ2v) is 10.3. The van der Waals surface area contributed by atoms with Crippen LogP contribution in [0, 0.1) is 0 Å². The number of benzene rings is 3. The summed E-state index contributed by atoms with van der Waals surface area (Å²) < 4.78 is 5.28. The number of anilines is 1. The molecule has 0 bridgehead atoms. The SMILES string of the molecule is COc1ccc([C@@H]2CC(c3ccc(Cl)cc3)=NN2C(=O)CN2N=N[C@H]3C(=O)N(c4ccc(Cl)cc4)C(=O)[C@H]32)cc1. The smallest absolute Gasteiger partial charge is 0.264 e. The lowest BCUT2D eigenvalue weighted by Gasteiger charge is -2.25. The largest absolute Gasteiger partial charge is 0.497 e. The Balaban J connectivity index is 1.26. The third kappa shape index (κ3) is 4.59. The second kappa shape index (κ2) is 10.4. The number of methoxy groups -OCH3 is 1. The summed E-state index contributed by atoms with van der Waals surface area (Å²) in [5.41, 5.74) is 2.80. The Morgan fingerprint density at radius 2 is 1.57 bits per heavy atom. The number of fused-ring (bicyclic) bond motifs is 1. The van der Waals surface area contributed by atoms with Gasteiger partial charge in [-0.15, -0.1) is 0 Å². The van der Waals surface area contributed by atoms with E-state index in [4.69, 9.17) is 27.9 Å². The Bertz CT molecular complexity index is 1540. The number of amides is 3. The maximum absolute atomic E-state index is 13.7. The molecular weight excluding hydrogens is 555 g/mol. The van der Waals surface area contributed by atoms with Crippen molar-refractivity contribution in [1.29, 1.82) is 0 Å². The van der Waals surface area contributed by atoms with Crippen molar-refractivity contribution in [2.24, 2.45) is 15.4 Å². The van der Waals surface area contributed by atoms with Gasteiger partial charge in [0.25, 0.3) is 17.7 Å². The highest BCUT2D eigenvalue weighted by Crippen LogP contribution is 2.36. The van der Waals surface area contributed by atoms with Gasteiger partial charge in [0.05, 0.1) is 24.6 Å². The van der Waals surface area contributed by atoms with E-state index < -0.39 is 35.8 Å². The van der Waals surface area contributed by atoms with Crippen molar-refractivity contribution in [2.75, 3.05) is 18.6 Å². The van der Waals surface area contributed by atoms with Crippen LogP contribution >= 0.6 is 23.2 Å². The van der Waals surface area contributed by atoms with E-state index in [2.05, 4.69) is 15.4 Å². The molecule has 3 aliphatic rings. The minimum atomic E-state index is -1.03. The molecule has 0 unspecified atom stereocenters. The van der Waals surface area contributed by atoms with E-state index in [0.29, 0.717) is 33.6 Å². The van der Waals surface area contributed by atoms with Crippen LogP contribution in [0.4, 0.5) is 5.69 Å². The van der Waals surface area contributed by atoms with E-state index in [0.717, 1.165) is 16.0 Å². The molecule has 3 amide bonds. The number of nitrogens with zero attached hydrogens (tertiary/aromatic N) is 6. The van der Waals surface area contributed by atoms with Gasteiger partial charge in [-0.05, 0) is 59.7 Å². The highest BCUT2D eigenvalue weighted by molar-refractivity contribution is 6.31. The summed E-state index contributed by atoms with van der Waals surface area (Å²) in [7, 11) is 1.59. The Kier molecular flexibility index (Phi) is 6.73. The van der Waals surface area contributed by atoms with Gasteiger partial charge in [0.2, 0.25) is 0 Å². The van der Waals surface area contributed by atoms with Crippen LogP contribution in [-0.2, 0) is 14.4 Å². The molecule has 3 aromatic carbocycles. The predicted octanol–water partition coefficient (Wildman–Crippen LogP) is 4.67. The van der Waals surface area contributed by atoms with Crippen LogP contribution in [0.25, 0.3) is 0 Å². The average Bonchev–Trinajstić information content (AvgIpc) is 3.65. The zero-order chi connectivity index (χ0) is 28.0.